The number of ether oxygens (including phenoxy) is 2. The lowest BCUT2D eigenvalue weighted by Gasteiger charge is -2.09. The van der Waals surface area contributed by atoms with Gasteiger partial charge in [-0.25, -0.2) is 4.79 Å². The number of nitrogens with two attached hydrogens (primary N) is 1. The quantitative estimate of drug-likeness (QED) is 0.693. The first-order chi connectivity index (χ1) is 9.10. The Kier molecular flexibility index (Phi) is 4.06. The molecule has 5 heteroatoms. The summed E-state index contributed by atoms with van der Waals surface area (Å²) in [6.45, 7) is 0. The molecular weight excluding hydrogens is 310 g/mol. The number of halogens is 1. The monoisotopic (exact) mass is 321 g/mol. The molecule has 2 rings (SSSR count). The summed E-state index contributed by atoms with van der Waals surface area (Å²) in [7, 11) is 1.32. The Morgan fingerprint density at radius 1 is 1.21 bits per heavy atom. The van der Waals surface area contributed by atoms with Crippen molar-refractivity contribution >= 4 is 27.6 Å². The van der Waals surface area contributed by atoms with Crippen LogP contribution in [-0.4, -0.2) is 13.1 Å². The summed E-state index contributed by atoms with van der Waals surface area (Å²) in [5, 5.41) is 0. The van der Waals surface area contributed by atoms with Gasteiger partial charge in [0.1, 0.15) is 11.5 Å². The maximum atomic E-state index is 11.4. The first-order valence-electron chi connectivity index (χ1n) is 5.51. The van der Waals surface area contributed by atoms with Crippen LogP contribution in [0.5, 0.6) is 11.5 Å². The molecule has 0 saturated carbocycles. The van der Waals surface area contributed by atoms with Gasteiger partial charge in [0.2, 0.25) is 0 Å². The minimum Gasteiger partial charge on any atom is -0.465 e. The van der Waals surface area contributed by atoms with E-state index in [4.69, 9.17) is 10.5 Å². The van der Waals surface area contributed by atoms with Crippen LogP contribution in [0.15, 0.2) is 46.9 Å². The Morgan fingerprint density at radius 3 is 2.63 bits per heavy atom. The Balaban J connectivity index is 2.24. The van der Waals surface area contributed by atoms with Gasteiger partial charge in [-0.15, -0.1) is 0 Å². The summed E-state index contributed by atoms with van der Waals surface area (Å²) in [5.74, 6) is 0.721. The molecule has 0 atom stereocenters. The third-order valence-corrected chi connectivity index (χ3v) is 2.95. The Bertz CT molecular complexity index is 613. The van der Waals surface area contributed by atoms with Gasteiger partial charge in [-0.1, -0.05) is 22.0 Å². The molecule has 2 aromatic carbocycles. The van der Waals surface area contributed by atoms with Crippen molar-refractivity contribution in [2.75, 3.05) is 12.8 Å². The van der Waals surface area contributed by atoms with Crippen LogP contribution in [0.2, 0.25) is 0 Å². The first-order valence-corrected chi connectivity index (χ1v) is 6.30. The van der Waals surface area contributed by atoms with Crippen LogP contribution in [0, 0.1) is 0 Å². The lowest BCUT2D eigenvalue weighted by molar-refractivity contribution is 0.0601. The lowest BCUT2D eigenvalue weighted by atomic mass is 10.2. The standard InChI is InChI=1S/C14H12BrNO3/c1-18-14(17)9-5-6-13(12(16)7-9)19-11-4-2-3-10(15)8-11/h2-8H,16H2,1H3. The molecule has 0 aliphatic rings. The second kappa shape index (κ2) is 5.75. The van der Waals surface area contributed by atoms with Gasteiger partial charge < -0.3 is 15.2 Å². The highest BCUT2D eigenvalue weighted by atomic mass is 79.9. The molecule has 2 aromatic rings. The van der Waals surface area contributed by atoms with Crippen molar-refractivity contribution in [1.82, 2.24) is 0 Å². The average molecular weight is 322 g/mol. The summed E-state index contributed by atoms with van der Waals surface area (Å²) in [6, 6.07) is 12.2. The number of esters is 1. The Hall–Kier alpha value is -2.01. The maximum Gasteiger partial charge on any atom is 0.337 e. The summed E-state index contributed by atoms with van der Waals surface area (Å²) >= 11 is 3.36. The van der Waals surface area contributed by atoms with Gasteiger partial charge in [0.25, 0.3) is 0 Å². The van der Waals surface area contributed by atoms with Gasteiger partial charge in [-0.2, -0.15) is 0 Å². The molecule has 0 saturated heterocycles. The molecule has 0 unspecified atom stereocenters. The van der Waals surface area contributed by atoms with Crippen LogP contribution in [0.1, 0.15) is 10.4 Å². The van der Waals surface area contributed by atoms with E-state index >= 15 is 0 Å². The largest absolute Gasteiger partial charge is 0.465 e. The fourth-order valence-electron chi connectivity index (χ4n) is 1.54. The Morgan fingerprint density at radius 2 is 2.00 bits per heavy atom. The minimum absolute atomic E-state index is 0.378. The van der Waals surface area contributed by atoms with E-state index in [1.807, 2.05) is 24.3 Å². The van der Waals surface area contributed by atoms with Crippen molar-refractivity contribution in [1.29, 1.82) is 0 Å². The van der Waals surface area contributed by atoms with Crippen molar-refractivity contribution in [3.63, 3.8) is 0 Å². The first kappa shape index (κ1) is 13.4. The SMILES string of the molecule is COC(=O)c1ccc(Oc2cccc(Br)c2)c(N)c1. The summed E-state index contributed by atoms with van der Waals surface area (Å²) in [4.78, 5) is 11.4. The number of hydrogen-bond acceptors (Lipinski definition) is 4. The highest BCUT2D eigenvalue weighted by Crippen LogP contribution is 2.29. The van der Waals surface area contributed by atoms with E-state index in [0.717, 1.165) is 4.47 Å². The van der Waals surface area contributed by atoms with E-state index in [-0.39, 0.29) is 0 Å². The molecule has 0 fully saturated rings. The van der Waals surface area contributed by atoms with Gasteiger partial charge >= 0.3 is 5.97 Å². The zero-order chi connectivity index (χ0) is 13.8. The number of hydrogen-bond donors (Lipinski definition) is 1. The molecule has 2 N–H and O–H groups in total. The molecule has 0 amide bonds. The average Bonchev–Trinajstić information content (AvgIpc) is 2.40. The zero-order valence-corrected chi connectivity index (χ0v) is 11.8. The normalized spacial score (nSPS) is 10.0. The van der Waals surface area contributed by atoms with E-state index in [2.05, 4.69) is 20.7 Å². The highest BCUT2D eigenvalue weighted by Gasteiger charge is 2.09. The molecule has 19 heavy (non-hydrogen) atoms. The van der Waals surface area contributed by atoms with Crippen molar-refractivity contribution in [2.24, 2.45) is 0 Å². The van der Waals surface area contributed by atoms with Crippen LogP contribution < -0.4 is 10.5 Å². The molecule has 0 aliphatic heterocycles. The van der Waals surface area contributed by atoms with Crippen molar-refractivity contribution < 1.29 is 14.3 Å². The number of carbonyl (C=O) groups is 1. The van der Waals surface area contributed by atoms with Crippen LogP contribution in [0.25, 0.3) is 0 Å². The van der Waals surface area contributed by atoms with Crippen LogP contribution in [-0.2, 0) is 4.74 Å². The van der Waals surface area contributed by atoms with Crippen molar-refractivity contribution in [2.45, 2.75) is 0 Å². The van der Waals surface area contributed by atoms with Gasteiger partial charge in [-0.3, -0.25) is 0 Å². The fraction of sp³-hybridized carbons (Fsp3) is 0.0714. The van der Waals surface area contributed by atoms with Crippen LogP contribution in [0.4, 0.5) is 5.69 Å². The topological polar surface area (TPSA) is 61.5 Å². The number of benzene rings is 2. The van der Waals surface area contributed by atoms with E-state index in [1.54, 1.807) is 12.1 Å². The molecule has 98 valence electrons. The lowest BCUT2D eigenvalue weighted by Crippen LogP contribution is -2.02. The molecular formula is C14H12BrNO3. The molecule has 0 aromatic heterocycles. The molecule has 0 bridgehead atoms. The van der Waals surface area contributed by atoms with E-state index < -0.39 is 5.97 Å². The Labute approximate surface area is 119 Å². The number of rotatable bonds is 3. The van der Waals surface area contributed by atoms with Crippen LogP contribution in [0.3, 0.4) is 0 Å². The second-order valence-corrected chi connectivity index (χ2v) is 4.72. The summed E-state index contributed by atoms with van der Waals surface area (Å²) < 4.78 is 11.2. The van der Waals surface area contributed by atoms with E-state index in [9.17, 15) is 4.79 Å². The third kappa shape index (κ3) is 3.26. The van der Waals surface area contributed by atoms with E-state index in [1.165, 1.54) is 13.2 Å². The predicted molar refractivity (Wildman–Crippen MR) is 76.4 cm³/mol. The third-order valence-electron chi connectivity index (χ3n) is 2.45. The minimum atomic E-state index is -0.430. The summed E-state index contributed by atoms with van der Waals surface area (Å²) in [6.07, 6.45) is 0. The molecule has 0 radical (unpaired) electrons. The zero-order valence-electron chi connectivity index (χ0n) is 10.2. The van der Waals surface area contributed by atoms with Crippen LogP contribution >= 0.6 is 15.9 Å². The van der Waals surface area contributed by atoms with Crippen molar-refractivity contribution in [3.8, 4) is 11.5 Å². The van der Waals surface area contributed by atoms with Gasteiger partial charge in [0.05, 0.1) is 18.4 Å². The smallest absolute Gasteiger partial charge is 0.337 e. The van der Waals surface area contributed by atoms with Gasteiger partial charge in [0, 0.05) is 4.47 Å². The predicted octanol–water partition coefficient (Wildman–Crippen LogP) is 3.61. The van der Waals surface area contributed by atoms with Crippen molar-refractivity contribution in [3.05, 3.63) is 52.5 Å². The number of methoxy groups -OCH3 is 1. The maximum absolute atomic E-state index is 11.4. The van der Waals surface area contributed by atoms with Gasteiger partial charge in [0.15, 0.2) is 0 Å². The molecule has 0 heterocycles. The van der Waals surface area contributed by atoms with Gasteiger partial charge in [-0.05, 0) is 36.4 Å². The molecule has 0 spiro atoms. The number of anilines is 1. The molecule has 0 aliphatic carbocycles. The number of carbonyl (C=O) groups excluding carboxylic acids is 1. The number of nitrogen functional groups attached to an aromatic ring is 1. The fourth-order valence-corrected chi connectivity index (χ4v) is 1.92. The second-order valence-electron chi connectivity index (χ2n) is 3.80. The van der Waals surface area contributed by atoms with E-state index in [0.29, 0.717) is 22.7 Å². The summed E-state index contributed by atoms with van der Waals surface area (Å²) in [5.41, 5.74) is 6.62. The molecule has 4 nitrogen and oxygen atoms in total. The highest BCUT2D eigenvalue weighted by molar-refractivity contribution is 9.10.